The van der Waals surface area contributed by atoms with Crippen LogP contribution in [0.3, 0.4) is 0 Å². The predicted molar refractivity (Wildman–Crippen MR) is 71.8 cm³/mol. The molecular formula is C13H9BrOS. The third-order valence-corrected chi connectivity index (χ3v) is 3.31. The number of benzene rings is 1. The van der Waals surface area contributed by atoms with E-state index in [2.05, 4.69) is 15.9 Å². The standard InChI is InChI=1S/C13H9BrOS/c14-12-4-1-10(2-5-12)3-6-13(15)11-7-8-16-9-11/h1-9H/b6-3+. The summed E-state index contributed by atoms with van der Waals surface area (Å²) < 4.78 is 1.04. The number of halogens is 1. The van der Waals surface area contributed by atoms with Gasteiger partial charge in [0.1, 0.15) is 0 Å². The Hall–Kier alpha value is -1.19. The van der Waals surface area contributed by atoms with Crippen molar-refractivity contribution in [3.8, 4) is 0 Å². The molecule has 0 atom stereocenters. The zero-order valence-corrected chi connectivity index (χ0v) is 10.8. The number of hydrogen-bond acceptors (Lipinski definition) is 2. The fourth-order valence-corrected chi connectivity index (χ4v) is 2.16. The highest BCUT2D eigenvalue weighted by molar-refractivity contribution is 9.10. The van der Waals surface area contributed by atoms with E-state index >= 15 is 0 Å². The van der Waals surface area contributed by atoms with Crippen LogP contribution in [0.2, 0.25) is 0 Å². The average molecular weight is 293 g/mol. The van der Waals surface area contributed by atoms with Crippen LogP contribution in [-0.4, -0.2) is 5.78 Å². The van der Waals surface area contributed by atoms with Crippen molar-refractivity contribution in [2.45, 2.75) is 0 Å². The molecule has 2 aromatic rings. The molecule has 1 heterocycles. The molecule has 1 aromatic heterocycles. The Morgan fingerprint density at radius 3 is 2.56 bits per heavy atom. The fraction of sp³-hybridized carbons (Fsp3) is 0. The molecule has 0 unspecified atom stereocenters. The van der Waals surface area contributed by atoms with Crippen molar-refractivity contribution in [3.05, 3.63) is 62.8 Å². The van der Waals surface area contributed by atoms with Gasteiger partial charge in [-0.3, -0.25) is 4.79 Å². The monoisotopic (exact) mass is 292 g/mol. The van der Waals surface area contributed by atoms with E-state index in [-0.39, 0.29) is 5.78 Å². The van der Waals surface area contributed by atoms with Crippen LogP contribution in [0.1, 0.15) is 15.9 Å². The minimum atomic E-state index is 0.0455. The number of allylic oxidation sites excluding steroid dienone is 1. The van der Waals surface area contributed by atoms with Gasteiger partial charge in [0, 0.05) is 15.4 Å². The summed E-state index contributed by atoms with van der Waals surface area (Å²) in [5.41, 5.74) is 1.77. The Balaban J connectivity index is 2.10. The van der Waals surface area contributed by atoms with E-state index < -0.39 is 0 Å². The first-order valence-electron chi connectivity index (χ1n) is 4.76. The first-order valence-corrected chi connectivity index (χ1v) is 6.49. The summed E-state index contributed by atoms with van der Waals surface area (Å²) >= 11 is 4.90. The van der Waals surface area contributed by atoms with Gasteiger partial charge in [0.25, 0.3) is 0 Å². The zero-order valence-electron chi connectivity index (χ0n) is 8.39. The topological polar surface area (TPSA) is 17.1 Å². The van der Waals surface area contributed by atoms with Crippen molar-refractivity contribution in [2.24, 2.45) is 0 Å². The second-order valence-electron chi connectivity index (χ2n) is 3.26. The maximum absolute atomic E-state index is 11.7. The lowest BCUT2D eigenvalue weighted by atomic mass is 10.1. The SMILES string of the molecule is O=C(/C=C/c1ccc(Br)cc1)c1ccsc1. The molecule has 0 amide bonds. The van der Waals surface area contributed by atoms with E-state index in [0.29, 0.717) is 0 Å². The molecule has 0 fully saturated rings. The lowest BCUT2D eigenvalue weighted by Crippen LogP contribution is -1.89. The second-order valence-corrected chi connectivity index (χ2v) is 4.96. The summed E-state index contributed by atoms with van der Waals surface area (Å²) in [4.78, 5) is 11.7. The highest BCUT2D eigenvalue weighted by Crippen LogP contribution is 2.12. The largest absolute Gasteiger partial charge is 0.289 e. The third kappa shape index (κ3) is 2.90. The molecule has 0 radical (unpaired) electrons. The fourth-order valence-electron chi connectivity index (χ4n) is 1.25. The van der Waals surface area contributed by atoms with Gasteiger partial charge in [-0.05, 0) is 35.2 Å². The molecular weight excluding hydrogens is 284 g/mol. The molecule has 0 N–H and O–H groups in total. The molecule has 0 spiro atoms. The molecule has 80 valence electrons. The van der Waals surface area contributed by atoms with E-state index in [4.69, 9.17) is 0 Å². The summed E-state index contributed by atoms with van der Waals surface area (Å²) in [5, 5.41) is 3.76. The molecule has 0 aliphatic carbocycles. The summed E-state index contributed by atoms with van der Waals surface area (Å²) in [5.74, 6) is 0.0455. The summed E-state index contributed by atoms with van der Waals surface area (Å²) in [6, 6.07) is 9.66. The van der Waals surface area contributed by atoms with Gasteiger partial charge >= 0.3 is 0 Å². The molecule has 0 saturated heterocycles. The molecule has 0 bridgehead atoms. The smallest absolute Gasteiger partial charge is 0.186 e. The number of carbonyl (C=O) groups is 1. The molecule has 2 rings (SSSR count). The summed E-state index contributed by atoms with van der Waals surface area (Å²) in [7, 11) is 0. The Morgan fingerprint density at radius 1 is 1.19 bits per heavy atom. The van der Waals surface area contributed by atoms with Gasteiger partial charge in [-0.2, -0.15) is 11.3 Å². The molecule has 0 aliphatic rings. The number of ketones is 1. The van der Waals surface area contributed by atoms with Gasteiger partial charge in [-0.25, -0.2) is 0 Å². The van der Waals surface area contributed by atoms with Gasteiger partial charge in [0.05, 0.1) is 0 Å². The van der Waals surface area contributed by atoms with Crippen molar-refractivity contribution in [3.63, 3.8) is 0 Å². The van der Waals surface area contributed by atoms with Crippen molar-refractivity contribution < 1.29 is 4.79 Å². The highest BCUT2D eigenvalue weighted by atomic mass is 79.9. The number of thiophene rings is 1. The molecule has 3 heteroatoms. The number of carbonyl (C=O) groups excluding carboxylic acids is 1. The first kappa shape index (κ1) is 11.3. The van der Waals surface area contributed by atoms with Crippen LogP contribution in [0.15, 0.2) is 51.6 Å². The van der Waals surface area contributed by atoms with Crippen LogP contribution in [0.5, 0.6) is 0 Å². The predicted octanol–water partition coefficient (Wildman–Crippen LogP) is 4.41. The van der Waals surface area contributed by atoms with Crippen LogP contribution in [0.4, 0.5) is 0 Å². The van der Waals surface area contributed by atoms with Crippen molar-refractivity contribution >= 4 is 39.1 Å². The maximum atomic E-state index is 11.7. The first-order chi connectivity index (χ1) is 7.75. The van der Waals surface area contributed by atoms with Crippen molar-refractivity contribution in [1.82, 2.24) is 0 Å². The van der Waals surface area contributed by atoms with Crippen LogP contribution >= 0.6 is 27.3 Å². The van der Waals surface area contributed by atoms with Gasteiger partial charge in [-0.15, -0.1) is 0 Å². The third-order valence-electron chi connectivity index (χ3n) is 2.10. The molecule has 0 saturated carbocycles. The Morgan fingerprint density at radius 2 is 1.94 bits per heavy atom. The number of hydrogen-bond donors (Lipinski definition) is 0. The van der Waals surface area contributed by atoms with Gasteiger partial charge in [0.15, 0.2) is 5.78 Å². The Labute approximate surface area is 107 Å². The molecule has 1 nitrogen and oxygen atoms in total. The number of rotatable bonds is 3. The van der Waals surface area contributed by atoms with Gasteiger partial charge in [0.2, 0.25) is 0 Å². The normalized spacial score (nSPS) is 10.8. The minimum absolute atomic E-state index is 0.0455. The van der Waals surface area contributed by atoms with Crippen LogP contribution in [-0.2, 0) is 0 Å². The zero-order chi connectivity index (χ0) is 11.4. The lowest BCUT2D eigenvalue weighted by molar-refractivity contribution is 0.104. The van der Waals surface area contributed by atoms with Crippen LogP contribution in [0, 0.1) is 0 Å². The van der Waals surface area contributed by atoms with Gasteiger partial charge in [-0.1, -0.05) is 34.1 Å². The van der Waals surface area contributed by atoms with Gasteiger partial charge < -0.3 is 0 Å². The second kappa shape index (κ2) is 5.23. The van der Waals surface area contributed by atoms with E-state index in [1.807, 2.05) is 47.2 Å². The Bertz CT molecular complexity index is 497. The van der Waals surface area contributed by atoms with E-state index in [1.54, 1.807) is 6.08 Å². The molecule has 0 aliphatic heterocycles. The van der Waals surface area contributed by atoms with Crippen LogP contribution in [0.25, 0.3) is 6.08 Å². The minimum Gasteiger partial charge on any atom is -0.289 e. The summed E-state index contributed by atoms with van der Waals surface area (Å²) in [6.45, 7) is 0. The molecule has 16 heavy (non-hydrogen) atoms. The average Bonchev–Trinajstić information content (AvgIpc) is 2.81. The highest BCUT2D eigenvalue weighted by Gasteiger charge is 2.00. The quantitative estimate of drug-likeness (QED) is 0.605. The summed E-state index contributed by atoms with van der Waals surface area (Å²) in [6.07, 6.45) is 3.43. The lowest BCUT2D eigenvalue weighted by Gasteiger charge is -1.93. The molecule has 1 aromatic carbocycles. The van der Waals surface area contributed by atoms with Crippen LogP contribution < -0.4 is 0 Å². The maximum Gasteiger partial charge on any atom is 0.186 e. The van der Waals surface area contributed by atoms with E-state index in [1.165, 1.54) is 11.3 Å². The van der Waals surface area contributed by atoms with Crippen molar-refractivity contribution in [1.29, 1.82) is 0 Å². The van der Waals surface area contributed by atoms with Crippen molar-refractivity contribution in [2.75, 3.05) is 0 Å². The van der Waals surface area contributed by atoms with E-state index in [0.717, 1.165) is 15.6 Å². The van der Waals surface area contributed by atoms with E-state index in [9.17, 15) is 4.79 Å². The Kier molecular flexibility index (Phi) is 3.70.